The van der Waals surface area contributed by atoms with E-state index in [1.54, 1.807) is 0 Å². The van der Waals surface area contributed by atoms with Gasteiger partial charge in [0.25, 0.3) is 0 Å². The molecule has 2 aromatic heterocycles. The van der Waals surface area contributed by atoms with Gasteiger partial charge >= 0.3 is 0 Å². The zero-order valence-electron chi connectivity index (χ0n) is 8.43. The molecule has 1 fully saturated rings. The van der Waals surface area contributed by atoms with Crippen LogP contribution in [0.25, 0.3) is 11.0 Å². The molecule has 1 unspecified atom stereocenters. The first-order valence-corrected chi connectivity index (χ1v) is 6.07. The van der Waals surface area contributed by atoms with Crippen LogP contribution in [0.2, 0.25) is 0 Å². The molecule has 3 rings (SSSR count). The third kappa shape index (κ3) is 1.46. The van der Waals surface area contributed by atoms with Gasteiger partial charge in [0.05, 0.1) is 18.0 Å². The Morgan fingerprint density at radius 1 is 1.50 bits per heavy atom. The molecule has 84 valence electrons. The number of nitrogens with two attached hydrogens (primary N) is 1. The SMILES string of the molecule is Nc1ncnc2c1c(I)nn2C1CCOC1. The summed E-state index contributed by atoms with van der Waals surface area (Å²) in [4.78, 5) is 8.24. The molecule has 0 spiro atoms. The van der Waals surface area contributed by atoms with Gasteiger partial charge in [-0.25, -0.2) is 14.6 Å². The van der Waals surface area contributed by atoms with Crippen molar-refractivity contribution in [1.29, 1.82) is 0 Å². The van der Waals surface area contributed by atoms with Gasteiger partial charge < -0.3 is 10.5 Å². The van der Waals surface area contributed by atoms with Crippen molar-refractivity contribution in [2.24, 2.45) is 0 Å². The van der Waals surface area contributed by atoms with Gasteiger partial charge in [0.2, 0.25) is 0 Å². The van der Waals surface area contributed by atoms with E-state index in [9.17, 15) is 0 Å². The molecule has 0 aromatic carbocycles. The molecule has 0 amide bonds. The van der Waals surface area contributed by atoms with E-state index in [-0.39, 0.29) is 6.04 Å². The number of halogens is 1. The average molecular weight is 331 g/mol. The van der Waals surface area contributed by atoms with E-state index in [1.807, 2.05) is 4.68 Å². The largest absolute Gasteiger partial charge is 0.383 e. The highest BCUT2D eigenvalue weighted by Crippen LogP contribution is 2.27. The van der Waals surface area contributed by atoms with Crippen LogP contribution in [0.3, 0.4) is 0 Å². The van der Waals surface area contributed by atoms with Gasteiger partial charge in [-0.1, -0.05) is 0 Å². The van der Waals surface area contributed by atoms with E-state index in [0.717, 1.165) is 27.8 Å². The number of aromatic nitrogens is 4. The highest BCUT2D eigenvalue weighted by atomic mass is 127. The molecule has 6 nitrogen and oxygen atoms in total. The van der Waals surface area contributed by atoms with Gasteiger partial charge in [-0.05, 0) is 29.0 Å². The highest BCUT2D eigenvalue weighted by molar-refractivity contribution is 14.1. The predicted molar refractivity (Wildman–Crippen MR) is 66.9 cm³/mol. The van der Waals surface area contributed by atoms with Crippen molar-refractivity contribution in [2.75, 3.05) is 18.9 Å². The Morgan fingerprint density at radius 3 is 3.12 bits per heavy atom. The molecule has 0 saturated carbocycles. The zero-order chi connectivity index (χ0) is 11.1. The molecule has 0 bridgehead atoms. The number of fused-ring (bicyclic) bond motifs is 1. The van der Waals surface area contributed by atoms with Gasteiger partial charge in [-0.15, -0.1) is 0 Å². The van der Waals surface area contributed by atoms with Crippen molar-refractivity contribution in [1.82, 2.24) is 19.7 Å². The van der Waals surface area contributed by atoms with E-state index >= 15 is 0 Å². The topological polar surface area (TPSA) is 78.9 Å². The Labute approximate surface area is 105 Å². The minimum absolute atomic E-state index is 0.264. The van der Waals surface area contributed by atoms with Gasteiger partial charge in [0, 0.05) is 6.61 Å². The lowest BCUT2D eigenvalue weighted by molar-refractivity contribution is 0.185. The Bertz CT molecular complexity index is 534. The first-order valence-electron chi connectivity index (χ1n) is 4.99. The normalized spacial score (nSPS) is 20.7. The molecule has 0 radical (unpaired) electrons. The number of ether oxygens (including phenoxy) is 1. The fourth-order valence-electron chi connectivity index (χ4n) is 1.92. The van der Waals surface area contributed by atoms with Crippen LogP contribution in [0, 0.1) is 3.70 Å². The van der Waals surface area contributed by atoms with Crippen molar-refractivity contribution in [2.45, 2.75) is 12.5 Å². The molecule has 3 heterocycles. The molecule has 0 aliphatic carbocycles. The smallest absolute Gasteiger partial charge is 0.164 e. The van der Waals surface area contributed by atoms with E-state index < -0.39 is 0 Å². The summed E-state index contributed by atoms with van der Waals surface area (Å²) < 4.78 is 8.11. The lowest BCUT2D eigenvalue weighted by atomic mass is 10.3. The fraction of sp³-hybridized carbons (Fsp3) is 0.444. The number of rotatable bonds is 1. The monoisotopic (exact) mass is 331 g/mol. The Morgan fingerprint density at radius 2 is 2.38 bits per heavy atom. The van der Waals surface area contributed by atoms with Crippen LogP contribution in [0.4, 0.5) is 5.82 Å². The van der Waals surface area contributed by atoms with Crippen molar-refractivity contribution in [3.05, 3.63) is 10.0 Å². The molecule has 7 heteroatoms. The maximum atomic E-state index is 5.83. The van der Waals surface area contributed by atoms with E-state index in [0.29, 0.717) is 12.4 Å². The second-order valence-electron chi connectivity index (χ2n) is 3.71. The molecular weight excluding hydrogens is 321 g/mol. The fourth-order valence-corrected chi connectivity index (χ4v) is 2.67. The van der Waals surface area contributed by atoms with Crippen LogP contribution in [0.15, 0.2) is 6.33 Å². The zero-order valence-corrected chi connectivity index (χ0v) is 10.6. The summed E-state index contributed by atoms with van der Waals surface area (Å²) in [5, 5.41) is 5.32. The van der Waals surface area contributed by atoms with Crippen molar-refractivity contribution in [3.8, 4) is 0 Å². The molecule has 2 N–H and O–H groups in total. The predicted octanol–water partition coefficient (Wildman–Crippen LogP) is 0.975. The summed E-state index contributed by atoms with van der Waals surface area (Å²) >= 11 is 2.16. The number of anilines is 1. The molecule has 1 aliphatic heterocycles. The first-order chi connectivity index (χ1) is 7.77. The lowest BCUT2D eigenvalue weighted by Gasteiger charge is -2.08. The molecule has 2 aromatic rings. The Hall–Kier alpha value is -0.960. The van der Waals surface area contributed by atoms with E-state index in [2.05, 4.69) is 37.7 Å². The van der Waals surface area contributed by atoms with Gasteiger partial charge in [-0.2, -0.15) is 5.10 Å². The van der Waals surface area contributed by atoms with Crippen molar-refractivity contribution in [3.63, 3.8) is 0 Å². The second kappa shape index (κ2) is 3.81. The van der Waals surface area contributed by atoms with E-state index in [4.69, 9.17) is 10.5 Å². The van der Waals surface area contributed by atoms with Gasteiger partial charge in [-0.3, -0.25) is 0 Å². The van der Waals surface area contributed by atoms with Crippen molar-refractivity contribution >= 4 is 39.4 Å². The standard InChI is InChI=1S/C9H10IN5O/c10-7-6-8(11)12-4-13-9(6)15(14-7)5-1-2-16-3-5/h4-5H,1-3H2,(H2,11,12,13). The van der Waals surface area contributed by atoms with Crippen LogP contribution >= 0.6 is 22.6 Å². The third-order valence-electron chi connectivity index (χ3n) is 2.73. The molecule has 16 heavy (non-hydrogen) atoms. The number of nitrogen functional groups attached to an aromatic ring is 1. The Balaban J connectivity index is 2.22. The van der Waals surface area contributed by atoms with Gasteiger partial charge in [0.15, 0.2) is 5.65 Å². The van der Waals surface area contributed by atoms with Crippen molar-refractivity contribution < 1.29 is 4.74 Å². The van der Waals surface area contributed by atoms with Gasteiger partial charge in [0.1, 0.15) is 15.8 Å². The molecule has 1 saturated heterocycles. The summed E-state index contributed by atoms with van der Waals surface area (Å²) in [6, 6.07) is 0.264. The second-order valence-corrected chi connectivity index (χ2v) is 4.73. The first kappa shape index (κ1) is 10.2. The minimum Gasteiger partial charge on any atom is -0.383 e. The lowest BCUT2D eigenvalue weighted by Crippen LogP contribution is -2.11. The average Bonchev–Trinajstić information content (AvgIpc) is 2.86. The summed E-state index contributed by atoms with van der Waals surface area (Å²) in [6.07, 6.45) is 2.44. The maximum absolute atomic E-state index is 5.83. The maximum Gasteiger partial charge on any atom is 0.164 e. The number of hydrogen-bond donors (Lipinski definition) is 1. The van der Waals surface area contributed by atoms with Crippen LogP contribution < -0.4 is 5.73 Å². The van der Waals surface area contributed by atoms with E-state index in [1.165, 1.54) is 6.33 Å². The molecular formula is C9H10IN5O. The number of hydrogen-bond acceptors (Lipinski definition) is 5. The Kier molecular flexibility index (Phi) is 2.43. The summed E-state index contributed by atoms with van der Waals surface area (Å²) in [5.41, 5.74) is 6.63. The number of nitrogens with zero attached hydrogens (tertiary/aromatic N) is 4. The minimum atomic E-state index is 0.264. The summed E-state index contributed by atoms with van der Waals surface area (Å²) in [7, 11) is 0. The highest BCUT2D eigenvalue weighted by Gasteiger charge is 2.23. The molecule has 1 atom stereocenters. The molecule has 1 aliphatic rings. The quantitative estimate of drug-likeness (QED) is 0.788. The van der Waals surface area contributed by atoms with Crippen LogP contribution in [0.5, 0.6) is 0 Å². The summed E-state index contributed by atoms with van der Waals surface area (Å²) in [6.45, 7) is 1.47. The van der Waals surface area contributed by atoms with Crippen LogP contribution in [0.1, 0.15) is 12.5 Å². The van der Waals surface area contributed by atoms with Crippen LogP contribution in [-0.4, -0.2) is 33.0 Å². The third-order valence-corrected chi connectivity index (χ3v) is 3.48. The van der Waals surface area contributed by atoms with Crippen LogP contribution in [-0.2, 0) is 4.74 Å². The summed E-state index contributed by atoms with van der Waals surface area (Å²) in [5.74, 6) is 0.486.